The molecule has 4 rings (SSSR count). The van der Waals surface area contributed by atoms with E-state index in [1.807, 2.05) is 48.5 Å². The van der Waals surface area contributed by atoms with Gasteiger partial charge in [0.2, 0.25) is 22.4 Å². The van der Waals surface area contributed by atoms with Crippen molar-refractivity contribution >= 4 is 44.1 Å². The molecule has 0 aliphatic rings. The molecule has 4 aromatic rings. The lowest BCUT2D eigenvalue weighted by Crippen LogP contribution is -2.16. The zero-order valence-electron chi connectivity index (χ0n) is 30.6. The van der Waals surface area contributed by atoms with Gasteiger partial charge in [0.1, 0.15) is 30.9 Å². The van der Waals surface area contributed by atoms with Crippen LogP contribution < -0.4 is 20.3 Å². The van der Waals surface area contributed by atoms with Crippen molar-refractivity contribution in [2.45, 2.75) is 24.7 Å². The number of benzene rings is 2. The molecular formula is C35H41BrO16P2. The standard InChI is InChI=1S/C17H19O8P.C15H13BrO5.C3H9O3P/c1-21-17(19)16-15(24-10-12-7-5-4-6-8-12)14(18)9-13(25-16)11-26(20,22-2)23-3;1-19-15(18)14-13(12(17)7-11(8-16)21-14)20-9-10-5-3-2-4-6-10;1-4-7(5-2)6-3/h4-9H,10-11H2,1-3H3;2-7H,8-9H2,1H3;1-3H3. The van der Waals surface area contributed by atoms with Crippen molar-refractivity contribution in [3.8, 4) is 11.5 Å². The Bertz CT molecular complexity index is 1900. The summed E-state index contributed by atoms with van der Waals surface area (Å²) in [5.41, 5.74) is 0.640. The Hall–Kier alpha value is -4.18. The van der Waals surface area contributed by atoms with E-state index in [1.165, 1.54) is 27.4 Å². The summed E-state index contributed by atoms with van der Waals surface area (Å²) in [6.07, 6.45) is -0.321. The van der Waals surface area contributed by atoms with Crippen LogP contribution in [0.1, 0.15) is 43.8 Å². The first-order valence-electron chi connectivity index (χ1n) is 15.5. The van der Waals surface area contributed by atoms with Crippen LogP contribution in [-0.4, -0.2) is 61.7 Å². The Labute approximate surface area is 321 Å². The average molecular weight is 860 g/mol. The minimum atomic E-state index is -3.49. The van der Waals surface area contributed by atoms with Gasteiger partial charge in [-0.3, -0.25) is 14.2 Å². The number of carbonyl (C=O) groups is 2. The minimum absolute atomic E-state index is 0.0468. The Morgan fingerprint density at radius 2 is 1.04 bits per heavy atom. The van der Waals surface area contributed by atoms with Crippen molar-refractivity contribution < 1.29 is 64.6 Å². The van der Waals surface area contributed by atoms with Gasteiger partial charge in [-0.25, -0.2) is 9.59 Å². The number of esters is 2. The van der Waals surface area contributed by atoms with Gasteiger partial charge in [0, 0.05) is 47.7 Å². The number of methoxy groups -OCH3 is 2. The Kier molecular flexibility index (Phi) is 20.7. The molecule has 0 amide bonds. The van der Waals surface area contributed by atoms with Crippen LogP contribution >= 0.6 is 32.1 Å². The number of rotatable bonds is 16. The van der Waals surface area contributed by atoms with E-state index < -0.39 is 44.8 Å². The molecule has 0 atom stereocenters. The number of hydrogen-bond donors (Lipinski definition) is 0. The molecule has 0 radical (unpaired) electrons. The van der Waals surface area contributed by atoms with Gasteiger partial charge in [-0.1, -0.05) is 76.6 Å². The molecule has 54 heavy (non-hydrogen) atoms. The van der Waals surface area contributed by atoms with Crippen molar-refractivity contribution in [2.75, 3.05) is 49.8 Å². The molecule has 0 N–H and O–H groups in total. The predicted molar refractivity (Wildman–Crippen MR) is 200 cm³/mol. The van der Waals surface area contributed by atoms with E-state index >= 15 is 0 Å². The Balaban J connectivity index is 0.000000322. The Morgan fingerprint density at radius 3 is 1.37 bits per heavy atom. The van der Waals surface area contributed by atoms with Gasteiger partial charge in [0.05, 0.1) is 19.5 Å². The van der Waals surface area contributed by atoms with Gasteiger partial charge in [0.25, 0.3) is 11.5 Å². The zero-order valence-corrected chi connectivity index (χ0v) is 33.9. The molecule has 0 aliphatic carbocycles. The molecular weight excluding hydrogens is 818 g/mol. The van der Waals surface area contributed by atoms with Crippen LogP contribution in [0.25, 0.3) is 0 Å². The van der Waals surface area contributed by atoms with Crippen LogP contribution in [-0.2, 0) is 61.4 Å². The highest BCUT2D eigenvalue weighted by Crippen LogP contribution is 2.49. The normalized spacial score (nSPS) is 10.7. The quantitative estimate of drug-likeness (QED) is 0.0631. The van der Waals surface area contributed by atoms with Crippen molar-refractivity contribution in [3.63, 3.8) is 0 Å². The second kappa shape index (κ2) is 24.3. The zero-order chi connectivity index (χ0) is 40.1. The van der Waals surface area contributed by atoms with E-state index in [2.05, 4.69) is 39.0 Å². The fourth-order valence-corrected chi connectivity index (χ4v) is 5.68. The number of halogens is 1. The van der Waals surface area contributed by atoms with Gasteiger partial charge in [0.15, 0.2) is 0 Å². The molecule has 0 bridgehead atoms. The van der Waals surface area contributed by atoms with Gasteiger partial charge < -0.3 is 50.4 Å². The topological polar surface area (TPSA) is 195 Å². The van der Waals surface area contributed by atoms with Crippen LogP contribution in [0.5, 0.6) is 11.5 Å². The lowest BCUT2D eigenvalue weighted by molar-refractivity contribution is 0.0542. The van der Waals surface area contributed by atoms with Crippen LogP contribution in [0, 0.1) is 0 Å². The van der Waals surface area contributed by atoms with Gasteiger partial charge in [-0.15, -0.1) is 0 Å². The highest BCUT2D eigenvalue weighted by molar-refractivity contribution is 9.08. The van der Waals surface area contributed by atoms with E-state index in [-0.39, 0.29) is 42.4 Å². The second-order valence-electron chi connectivity index (χ2n) is 10.0. The fraction of sp³-hybridized carbons (Fsp3) is 0.314. The Morgan fingerprint density at radius 1 is 0.648 bits per heavy atom. The third-order valence-electron chi connectivity index (χ3n) is 6.59. The van der Waals surface area contributed by atoms with E-state index in [9.17, 15) is 23.7 Å². The summed E-state index contributed by atoms with van der Waals surface area (Å²) in [5.74, 6) is -2.43. The summed E-state index contributed by atoms with van der Waals surface area (Å²) >= 11 is 3.17. The molecule has 294 valence electrons. The maximum Gasteiger partial charge on any atom is 0.378 e. The van der Waals surface area contributed by atoms with Crippen LogP contribution in [0.4, 0.5) is 0 Å². The van der Waals surface area contributed by atoms with Crippen LogP contribution in [0.2, 0.25) is 0 Å². The van der Waals surface area contributed by atoms with Gasteiger partial charge >= 0.3 is 28.1 Å². The number of hydrogen-bond acceptors (Lipinski definition) is 16. The smallest absolute Gasteiger partial charge is 0.378 e. The highest BCUT2D eigenvalue weighted by Gasteiger charge is 2.28. The van der Waals surface area contributed by atoms with E-state index in [1.54, 1.807) is 33.5 Å². The highest BCUT2D eigenvalue weighted by atomic mass is 79.9. The molecule has 0 saturated heterocycles. The van der Waals surface area contributed by atoms with E-state index in [4.69, 9.17) is 27.4 Å². The number of ether oxygens (including phenoxy) is 4. The number of carbonyl (C=O) groups excluding carboxylic acids is 2. The summed E-state index contributed by atoms with van der Waals surface area (Å²) in [5, 5.41) is 0.311. The molecule has 0 fully saturated rings. The molecule has 0 spiro atoms. The summed E-state index contributed by atoms with van der Waals surface area (Å²) in [6, 6.07) is 20.8. The van der Waals surface area contributed by atoms with Crippen molar-refractivity contribution in [2.24, 2.45) is 0 Å². The maximum atomic E-state index is 12.4. The lowest BCUT2D eigenvalue weighted by atomic mass is 10.2. The summed E-state index contributed by atoms with van der Waals surface area (Å²) in [4.78, 5) is 48.2. The van der Waals surface area contributed by atoms with Crippen molar-refractivity contribution in [3.05, 3.63) is 127 Å². The first kappa shape index (κ1) is 46.0. The molecule has 2 heterocycles. The van der Waals surface area contributed by atoms with Gasteiger partial charge in [-0.2, -0.15) is 0 Å². The minimum Gasteiger partial charge on any atom is -0.481 e. The summed E-state index contributed by atoms with van der Waals surface area (Å²) < 4.78 is 66.8. The van der Waals surface area contributed by atoms with Gasteiger partial charge in [-0.05, 0) is 11.1 Å². The van der Waals surface area contributed by atoms with Crippen LogP contribution in [0.3, 0.4) is 0 Å². The molecule has 2 aromatic carbocycles. The summed E-state index contributed by atoms with van der Waals surface area (Å²) in [7, 11) is 4.86. The third-order valence-corrected chi connectivity index (χ3v) is 9.85. The molecule has 2 aromatic heterocycles. The number of alkyl halides is 1. The molecule has 0 aliphatic heterocycles. The molecule has 0 unspecified atom stereocenters. The second-order valence-corrected chi connectivity index (χ2v) is 14.4. The first-order chi connectivity index (χ1) is 25.9. The first-order valence-corrected chi connectivity index (χ1v) is 19.4. The lowest BCUT2D eigenvalue weighted by Gasteiger charge is -2.14. The van der Waals surface area contributed by atoms with Crippen molar-refractivity contribution in [1.82, 2.24) is 0 Å². The molecule has 19 heteroatoms. The maximum absolute atomic E-state index is 12.4. The monoisotopic (exact) mass is 858 g/mol. The summed E-state index contributed by atoms with van der Waals surface area (Å²) in [6.45, 7) is 0.215. The van der Waals surface area contributed by atoms with Crippen LogP contribution in [0.15, 0.2) is 91.2 Å². The van der Waals surface area contributed by atoms with Crippen molar-refractivity contribution in [1.29, 1.82) is 0 Å². The third kappa shape index (κ3) is 14.6. The van der Waals surface area contributed by atoms with E-state index in [0.717, 1.165) is 24.3 Å². The fourth-order valence-electron chi connectivity index (χ4n) is 4.01. The average Bonchev–Trinajstić information content (AvgIpc) is 3.20. The largest absolute Gasteiger partial charge is 0.481 e. The molecule has 0 saturated carbocycles. The van der Waals surface area contributed by atoms with E-state index in [0.29, 0.717) is 11.1 Å². The molecule has 16 nitrogen and oxygen atoms in total. The SMILES string of the molecule is COC(=O)c1oc(CBr)cc(=O)c1OCc1ccccc1.COC(=O)c1oc(CP(=O)(OC)OC)cc(=O)c1OCc1ccccc1.COP(OC)OC. The predicted octanol–water partition coefficient (Wildman–Crippen LogP) is 7.04.